The fourth-order valence-corrected chi connectivity index (χ4v) is 2.52. The maximum atomic E-state index is 5.90. The van der Waals surface area contributed by atoms with E-state index in [1.165, 1.54) is 0 Å². The van der Waals surface area contributed by atoms with E-state index in [-0.39, 0.29) is 11.3 Å². The van der Waals surface area contributed by atoms with Crippen molar-refractivity contribution in [2.75, 3.05) is 7.11 Å². The summed E-state index contributed by atoms with van der Waals surface area (Å²) in [6.45, 7) is 10.4. The van der Waals surface area contributed by atoms with E-state index in [9.17, 15) is 0 Å². The summed E-state index contributed by atoms with van der Waals surface area (Å²) in [6.07, 6.45) is 8.62. The zero-order valence-corrected chi connectivity index (χ0v) is 11.8. The Morgan fingerprint density at radius 3 is 2.47 bits per heavy atom. The third-order valence-electron chi connectivity index (χ3n) is 3.49. The van der Waals surface area contributed by atoms with E-state index in [1.54, 1.807) is 7.11 Å². The molecule has 0 saturated carbocycles. The van der Waals surface area contributed by atoms with E-state index in [1.807, 2.05) is 13.8 Å². The highest BCUT2D eigenvalue weighted by atomic mass is 16.7. The maximum Gasteiger partial charge on any atom is 0.204 e. The van der Waals surface area contributed by atoms with Gasteiger partial charge in [-0.1, -0.05) is 20.8 Å². The molecule has 0 N–H and O–H groups in total. The number of allylic oxidation sites excluding steroid dienone is 2. The van der Waals surface area contributed by atoms with Crippen LogP contribution >= 0.6 is 0 Å². The first-order chi connectivity index (χ1) is 7.72. The number of ether oxygens (including phenoxy) is 2. The van der Waals surface area contributed by atoms with E-state index in [0.29, 0.717) is 5.92 Å². The number of hydrogen-bond donors (Lipinski definition) is 0. The SMILES string of the molecule is C#CC1C(C)C=C(OC(C)(C)OC)CC1(C)C. The van der Waals surface area contributed by atoms with Crippen molar-refractivity contribution < 1.29 is 9.47 Å². The minimum atomic E-state index is -0.579. The van der Waals surface area contributed by atoms with Crippen LogP contribution in [0.4, 0.5) is 0 Å². The molecular weight excluding hydrogens is 212 g/mol. The molecule has 0 heterocycles. The number of rotatable bonds is 3. The molecule has 0 amide bonds. The molecule has 0 bridgehead atoms. The van der Waals surface area contributed by atoms with Gasteiger partial charge in [0, 0.05) is 33.3 Å². The van der Waals surface area contributed by atoms with Crippen LogP contribution in [-0.2, 0) is 9.47 Å². The molecule has 2 nitrogen and oxygen atoms in total. The van der Waals surface area contributed by atoms with Crippen LogP contribution in [0.5, 0.6) is 0 Å². The summed E-state index contributed by atoms with van der Waals surface area (Å²) >= 11 is 0. The summed E-state index contributed by atoms with van der Waals surface area (Å²) in [7, 11) is 1.65. The Hall–Kier alpha value is -0.940. The zero-order chi connectivity index (χ0) is 13.3. The average Bonchev–Trinajstić information content (AvgIpc) is 2.15. The minimum absolute atomic E-state index is 0.0715. The van der Waals surface area contributed by atoms with Crippen molar-refractivity contribution in [2.24, 2.45) is 17.3 Å². The van der Waals surface area contributed by atoms with Crippen molar-refractivity contribution in [1.29, 1.82) is 0 Å². The molecule has 1 aliphatic carbocycles. The van der Waals surface area contributed by atoms with Gasteiger partial charge < -0.3 is 9.47 Å². The van der Waals surface area contributed by atoms with Gasteiger partial charge in [0.1, 0.15) is 0 Å². The van der Waals surface area contributed by atoms with E-state index in [0.717, 1.165) is 12.2 Å². The van der Waals surface area contributed by atoms with E-state index >= 15 is 0 Å². The van der Waals surface area contributed by atoms with Gasteiger partial charge in [0.05, 0.1) is 5.76 Å². The first kappa shape index (κ1) is 14.1. The molecule has 2 unspecified atom stereocenters. The minimum Gasteiger partial charge on any atom is -0.468 e. The molecular formula is C15H24O2. The van der Waals surface area contributed by atoms with E-state index in [2.05, 4.69) is 32.8 Å². The average molecular weight is 236 g/mol. The van der Waals surface area contributed by atoms with Crippen LogP contribution in [0.2, 0.25) is 0 Å². The smallest absolute Gasteiger partial charge is 0.204 e. The van der Waals surface area contributed by atoms with Crippen LogP contribution in [0.15, 0.2) is 11.8 Å². The van der Waals surface area contributed by atoms with Crippen LogP contribution in [-0.4, -0.2) is 12.9 Å². The molecule has 0 aromatic carbocycles. The van der Waals surface area contributed by atoms with Crippen molar-refractivity contribution in [3.63, 3.8) is 0 Å². The normalized spacial score (nSPS) is 28.2. The molecule has 0 fully saturated rings. The summed E-state index contributed by atoms with van der Waals surface area (Å²) < 4.78 is 11.2. The Kier molecular flexibility index (Phi) is 3.94. The molecule has 96 valence electrons. The predicted octanol–water partition coefficient (Wildman–Crippen LogP) is 3.58. The second-order valence-corrected chi connectivity index (χ2v) is 6.01. The number of methoxy groups -OCH3 is 1. The third-order valence-corrected chi connectivity index (χ3v) is 3.49. The highest BCUT2D eigenvalue weighted by molar-refractivity contribution is 5.16. The van der Waals surface area contributed by atoms with E-state index < -0.39 is 5.79 Å². The summed E-state index contributed by atoms with van der Waals surface area (Å²) in [6, 6.07) is 0. The van der Waals surface area contributed by atoms with Gasteiger partial charge in [-0.15, -0.1) is 12.3 Å². The van der Waals surface area contributed by atoms with Crippen molar-refractivity contribution in [3.8, 4) is 12.3 Å². The van der Waals surface area contributed by atoms with Gasteiger partial charge in [0.15, 0.2) is 0 Å². The lowest BCUT2D eigenvalue weighted by atomic mass is 9.67. The maximum absolute atomic E-state index is 5.90. The first-order valence-electron chi connectivity index (χ1n) is 6.13. The van der Waals surface area contributed by atoms with Crippen molar-refractivity contribution in [2.45, 2.75) is 46.8 Å². The molecule has 0 saturated heterocycles. The van der Waals surface area contributed by atoms with Crippen LogP contribution in [0.3, 0.4) is 0 Å². The Morgan fingerprint density at radius 1 is 1.47 bits per heavy atom. The molecule has 1 aliphatic rings. The molecule has 1 rings (SSSR count). The number of terminal acetylenes is 1. The first-order valence-corrected chi connectivity index (χ1v) is 6.13. The van der Waals surface area contributed by atoms with Crippen LogP contribution in [0.25, 0.3) is 0 Å². The Balaban J connectivity index is 2.89. The molecule has 0 aromatic rings. The fourth-order valence-electron chi connectivity index (χ4n) is 2.52. The molecule has 0 aliphatic heterocycles. The van der Waals surface area contributed by atoms with Gasteiger partial charge in [-0.05, 0) is 17.4 Å². The number of hydrogen-bond acceptors (Lipinski definition) is 2. The second kappa shape index (κ2) is 4.74. The highest BCUT2D eigenvalue weighted by Gasteiger charge is 2.38. The summed E-state index contributed by atoms with van der Waals surface area (Å²) in [5.41, 5.74) is 0.0715. The molecule has 2 atom stereocenters. The monoisotopic (exact) mass is 236 g/mol. The summed E-state index contributed by atoms with van der Waals surface area (Å²) in [5, 5.41) is 0. The third kappa shape index (κ3) is 3.26. The van der Waals surface area contributed by atoms with Crippen molar-refractivity contribution >= 4 is 0 Å². The lowest BCUT2D eigenvalue weighted by Crippen LogP contribution is -2.35. The van der Waals surface area contributed by atoms with Crippen molar-refractivity contribution in [1.82, 2.24) is 0 Å². The Morgan fingerprint density at radius 2 is 2.06 bits per heavy atom. The Labute approximate surface area is 105 Å². The van der Waals surface area contributed by atoms with Crippen LogP contribution < -0.4 is 0 Å². The largest absolute Gasteiger partial charge is 0.468 e. The zero-order valence-electron chi connectivity index (χ0n) is 11.8. The molecule has 0 radical (unpaired) electrons. The molecule has 0 spiro atoms. The van der Waals surface area contributed by atoms with Gasteiger partial charge >= 0.3 is 0 Å². The highest BCUT2D eigenvalue weighted by Crippen LogP contribution is 2.44. The molecule has 17 heavy (non-hydrogen) atoms. The molecule has 0 aromatic heterocycles. The van der Waals surface area contributed by atoms with Crippen LogP contribution in [0.1, 0.15) is 41.0 Å². The molecule has 2 heteroatoms. The van der Waals surface area contributed by atoms with Gasteiger partial charge in [-0.3, -0.25) is 0 Å². The lowest BCUT2D eigenvalue weighted by Gasteiger charge is -2.40. The van der Waals surface area contributed by atoms with Gasteiger partial charge in [-0.2, -0.15) is 0 Å². The lowest BCUT2D eigenvalue weighted by molar-refractivity contribution is -0.177. The second-order valence-electron chi connectivity index (χ2n) is 6.01. The Bertz CT molecular complexity index is 344. The predicted molar refractivity (Wildman–Crippen MR) is 70.1 cm³/mol. The van der Waals surface area contributed by atoms with Crippen molar-refractivity contribution in [3.05, 3.63) is 11.8 Å². The summed E-state index contributed by atoms with van der Waals surface area (Å²) in [4.78, 5) is 0. The topological polar surface area (TPSA) is 18.5 Å². The van der Waals surface area contributed by atoms with Crippen LogP contribution in [0, 0.1) is 29.6 Å². The van der Waals surface area contributed by atoms with Gasteiger partial charge in [0.2, 0.25) is 5.79 Å². The summed E-state index contributed by atoms with van der Waals surface area (Å²) in [5.74, 6) is 3.92. The van der Waals surface area contributed by atoms with E-state index in [4.69, 9.17) is 15.9 Å². The van der Waals surface area contributed by atoms with Gasteiger partial charge in [-0.25, -0.2) is 0 Å². The fraction of sp³-hybridized carbons (Fsp3) is 0.733. The standard InChI is InChI=1S/C15H24O2/c1-8-13-11(2)9-12(10-14(13,3)4)17-15(5,6)16-7/h1,9,11,13H,10H2,2-7H3. The quantitative estimate of drug-likeness (QED) is 0.551. The van der Waals surface area contributed by atoms with Gasteiger partial charge in [0.25, 0.3) is 0 Å².